The van der Waals surface area contributed by atoms with Gasteiger partial charge in [-0.3, -0.25) is 4.79 Å². The number of anilines is 2. The van der Waals surface area contributed by atoms with Gasteiger partial charge >= 0.3 is 0 Å². The Balaban J connectivity index is 1.44. The highest BCUT2D eigenvalue weighted by Crippen LogP contribution is 2.33. The van der Waals surface area contributed by atoms with Crippen LogP contribution in [0.2, 0.25) is 0 Å². The van der Waals surface area contributed by atoms with Gasteiger partial charge in [0.1, 0.15) is 0 Å². The SMILES string of the molecule is O=C(c1ccccc1Nc1ccc(SC(F)F)cc1)N1CCC2(CC1)OCCO2. The Hall–Kier alpha value is -2.16. The minimum atomic E-state index is -2.45. The van der Waals surface area contributed by atoms with Crippen LogP contribution in [0.5, 0.6) is 0 Å². The molecule has 0 atom stereocenters. The number of ether oxygens (including phenoxy) is 2. The lowest BCUT2D eigenvalue weighted by molar-refractivity contribution is -0.181. The van der Waals surface area contributed by atoms with Crippen LogP contribution in [0.15, 0.2) is 53.4 Å². The summed E-state index contributed by atoms with van der Waals surface area (Å²) in [6, 6.07) is 14.0. The molecule has 1 amide bonds. The monoisotopic (exact) mass is 420 g/mol. The maximum absolute atomic E-state index is 13.1. The summed E-state index contributed by atoms with van der Waals surface area (Å²) in [6.07, 6.45) is 1.33. The number of nitrogens with one attached hydrogen (secondary N) is 1. The molecule has 1 N–H and O–H groups in total. The van der Waals surface area contributed by atoms with E-state index < -0.39 is 11.5 Å². The molecule has 29 heavy (non-hydrogen) atoms. The molecule has 2 aliphatic heterocycles. The van der Waals surface area contributed by atoms with Gasteiger partial charge < -0.3 is 19.7 Å². The van der Waals surface area contributed by atoms with E-state index in [1.54, 1.807) is 30.3 Å². The van der Waals surface area contributed by atoms with Crippen LogP contribution in [-0.2, 0) is 9.47 Å². The van der Waals surface area contributed by atoms with Crippen molar-refractivity contribution < 1.29 is 23.0 Å². The van der Waals surface area contributed by atoms with Crippen molar-refractivity contribution in [3.8, 4) is 0 Å². The van der Waals surface area contributed by atoms with E-state index in [1.807, 2.05) is 23.1 Å². The van der Waals surface area contributed by atoms with Gasteiger partial charge in [0.25, 0.3) is 11.7 Å². The van der Waals surface area contributed by atoms with Crippen LogP contribution < -0.4 is 5.32 Å². The number of hydrogen-bond acceptors (Lipinski definition) is 5. The van der Waals surface area contributed by atoms with Crippen LogP contribution in [0.1, 0.15) is 23.2 Å². The molecule has 2 aliphatic rings. The van der Waals surface area contributed by atoms with Gasteiger partial charge in [0.2, 0.25) is 0 Å². The zero-order valence-corrected chi connectivity index (χ0v) is 16.6. The van der Waals surface area contributed by atoms with Crippen LogP contribution in [0.25, 0.3) is 0 Å². The fourth-order valence-electron chi connectivity index (χ4n) is 3.66. The van der Waals surface area contributed by atoms with Gasteiger partial charge in [-0.25, -0.2) is 0 Å². The van der Waals surface area contributed by atoms with Crippen molar-refractivity contribution in [3.63, 3.8) is 0 Å². The largest absolute Gasteiger partial charge is 0.355 e. The summed E-state index contributed by atoms with van der Waals surface area (Å²) < 4.78 is 36.4. The number of halogens is 2. The molecule has 2 aromatic rings. The number of amides is 1. The van der Waals surface area contributed by atoms with Crippen LogP contribution >= 0.6 is 11.8 Å². The molecule has 154 valence electrons. The molecule has 0 saturated carbocycles. The molecular weight excluding hydrogens is 398 g/mol. The second-order valence-electron chi connectivity index (χ2n) is 6.97. The molecule has 0 aliphatic carbocycles. The third-order valence-corrected chi connectivity index (χ3v) is 5.86. The smallest absolute Gasteiger partial charge is 0.288 e. The van der Waals surface area contributed by atoms with E-state index in [2.05, 4.69) is 5.32 Å². The number of carbonyl (C=O) groups excluding carboxylic acids is 1. The van der Waals surface area contributed by atoms with Crippen molar-refractivity contribution in [2.75, 3.05) is 31.6 Å². The number of para-hydroxylation sites is 1. The molecule has 0 radical (unpaired) electrons. The second kappa shape index (κ2) is 8.69. The van der Waals surface area contributed by atoms with Crippen LogP contribution in [-0.4, -0.2) is 48.7 Å². The van der Waals surface area contributed by atoms with Crippen LogP contribution in [0, 0.1) is 0 Å². The summed E-state index contributed by atoms with van der Waals surface area (Å²) in [5, 5.41) is 3.23. The summed E-state index contributed by atoms with van der Waals surface area (Å²) in [7, 11) is 0. The Morgan fingerprint density at radius 1 is 1.03 bits per heavy atom. The van der Waals surface area contributed by atoms with E-state index in [0.717, 1.165) is 5.69 Å². The number of nitrogens with zero attached hydrogens (tertiary/aromatic N) is 1. The molecule has 2 heterocycles. The topological polar surface area (TPSA) is 50.8 Å². The Bertz CT molecular complexity index is 847. The number of hydrogen-bond donors (Lipinski definition) is 1. The Kier molecular flexibility index (Phi) is 6.03. The lowest BCUT2D eigenvalue weighted by Gasteiger charge is -2.37. The minimum absolute atomic E-state index is 0.0502. The van der Waals surface area contributed by atoms with Crippen molar-refractivity contribution in [2.24, 2.45) is 0 Å². The molecule has 2 aromatic carbocycles. The van der Waals surface area contributed by atoms with Gasteiger partial charge in [0.15, 0.2) is 5.79 Å². The Morgan fingerprint density at radius 2 is 1.69 bits per heavy atom. The first-order valence-corrected chi connectivity index (χ1v) is 10.4. The quantitative estimate of drug-likeness (QED) is 0.709. The van der Waals surface area contributed by atoms with Gasteiger partial charge in [-0.1, -0.05) is 23.9 Å². The Labute approximate surface area is 172 Å². The zero-order chi connectivity index (χ0) is 20.3. The molecule has 2 fully saturated rings. The molecule has 0 unspecified atom stereocenters. The first kappa shape index (κ1) is 20.1. The molecule has 0 bridgehead atoms. The third kappa shape index (κ3) is 4.71. The number of thioether (sulfide) groups is 1. The number of piperidine rings is 1. The van der Waals surface area contributed by atoms with Gasteiger partial charge in [0, 0.05) is 36.5 Å². The highest BCUT2D eigenvalue weighted by molar-refractivity contribution is 7.99. The number of benzene rings is 2. The molecule has 2 saturated heterocycles. The van der Waals surface area contributed by atoms with Crippen molar-refractivity contribution in [1.82, 2.24) is 4.90 Å². The summed E-state index contributed by atoms with van der Waals surface area (Å²) in [5.41, 5.74) is 1.98. The average molecular weight is 420 g/mol. The van der Waals surface area contributed by atoms with E-state index in [9.17, 15) is 13.6 Å². The van der Waals surface area contributed by atoms with Crippen molar-refractivity contribution >= 4 is 29.0 Å². The van der Waals surface area contributed by atoms with Crippen molar-refractivity contribution in [1.29, 1.82) is 0 Å². The molecule has 5 nitrogen and oxygen atoms in total. The fourth-order valence-corrected chi connectivity index (χ4v) is 4.16. The van der Waals surface area contributed by atoms with Gasteiger partial charge in [0.05, 0.1) is 24.5 Å². The van der Waals surface area contributed by atoms with E-state index in [-0.39, 0.29) is 5.91 Å². The van der Waals surface area contributed by atoms with Crippen molar-refractivity contribution in [2.45, 2.75) is 29.3 Å². The van der Waals surface area contributed by atoms with Gasteiger partial charge in [-0.05, 0) is 36.4 Å². The highest BCUT2D eigenvalue weighted by atomic mass is 32.2. The standard InChI is InChI=1S/C21H22F2N2O3S/c22-20(23)29-16-7-5-15(6-8-16)24-18-4-2-1-3-17(18)19(26)25-11-9-21(10-12-25)27-13-14-28-21/h1-8,20,24H,9-14H2. The Morgan fingerprint density at radius 3 is 2.34 bits per heavy atom. The number of alkyl halides is 2. The number of rotatable bonds is 5. The van der Waals surface area contributed by atoms with Gasteiger partial charge in [-0.2, -0.15) is 8.78 Å². The second-order valence-corrected chi connectivity index (χ2v) is 8.04. The van der Waals surface area contributed by atoms with Crippen molar-refractivity contribution in [3.05, 3.63) is 54.1 Å². The highest BCUT2D eigenvalue weighted by Gasteiger charge is 2.41. The predicted molar refractivity (Wildman–Crippen MR) is 108 cm³/mol. The van der Waals surface area contributed by atoms with Gasteiger partial charge in [-0.15, -0.1) is 0 Å². The van der Waals surface area contributed by atoms with E-state index in [0.29, 0.717) is 67.1 Å². The van der Waals surface area contributed by atoms with E-state index in [1.165, 1.54) is 0 Å². The zero-order valence-electron chi connectivity index (χ0n) is 15.8. The maximum atomic E-state index is 13.1. The predicted octanol–water partition coefficient (Wildman–Crippen LogP) is 4.72. The number of likely N-dealkylation sites (tertiary alicyclic amines) is 1. The lowest BCUT2D eigenvalue weighted by Crippen LogP contribution is -2.47. The summed E-state index contributed by atoms with van der Waals surface area (Å²) in [6.45, 7) is 2.37. The average Bonchev–Trinajstić information content (AvgIpc) is 3.17. The van der Waals surface area contributed by atoms with Crippen LogP contribution in [0.4, 0.5) is 20.2 Å². The van der Waals surface area contributed by atoms with E-state index >= 15 is 0 Å². The fraction of sp³-hybridized carbons (Fsp3) is 0.381. The van der Waals surface area contributed by atoms with Crippen LogP contribution in [0.3, 0.4) is 0 Å². The molecule has 8 heteroatoms. The lowest BCUT2D eigenvalue weighted by atomic mass is 10.0. The summed E-state index contributed by atoms with van der Waals surface area (Å²) in [4.78, 5) is 15.4. The third-order valence-electron chi connectivity index (χ3n) is 5.14. The summed E-state index contributed by atoms with van der Waals surface area (Å²) in [5.74, 6) is -3.02. The molecular formula is C21H22F2N2O3S. The maximum Gasteiger partial charge on any atom is 0.288 e. The minimum Gasteiger partial charge on any atom is -0.355 e. The normalized spacial score (nSPS) is 18.4. The first-order valence-electron chi connectivity index (χ1n) is 9.53. The summed E-state index contributed by atoms with van der Waals surface area (Å²) >= 11 is 0.506. The van der Waals surface area contributed by atoms with E-state index in [4.69, 9.17) is 9.47 Å². The molecule has 1 spiro atoms. The first-order chi connectivity index (χ1) is 14.0. The number of carbonyl (C=O) groups is 1. The molecule has 4 rings (SSSR count). The molecule has 0 aromatic heterocycles.